The van der Waals surface area contributed by atoms with E-state index in [4.69, 9.17) is 0 Å². The van der Waals surface area contributed by atoms with Crippen molar-refractivity contribution >= 4 is 0 Å². The highest BCUT2D eigenvalue weighted by Crippen LogP contribution is 2.68. The molecule has 0 amide bonds. The summed E-state index contributed by atoms with van der Waals surface area (Å²) in [5.74, 6) is 7.56. The summed E-state index contributed by atoms with van der Waals surface area (Å²) in [5, 5.41) is 0. The van der Waals surface area contributed by atoms with E-state index in [9.17, 15) is 0 Å². The number of hydrogen-bond acceptors (Lipinski definition) is 0. The van der Waals surface area contributed by atoms with E-state index in [2.05, 4.69) is 53.7 Å². The molecule has 0 aliphatic heterocycles. The number of hydrogen-bond donors (Lipinski definition) is 0. The zero-order valence-electron chi connectivity index (χ0n) is 19.8. The van der Waals surface area contributed by atoms with Crippen LogP contribution in [0.3, 0.4) is 0 Å². The first-order chi connectivity index (χ1) is 13.3. The van der Waals surface area contributed by atoms with Gasteiger partial charge in [-0.2, -0.15) is 0 Å². The monoisotopic (exact) mass is 384 g/mol. The summed E-state index contributed by atoms with van der Waals surface area (Å²) in [4.78, 5) is 0. The second-order valence-corrected chi connectivity index (χ2v) is 12.7. The van der Waals surface area contributed by atoms with Crippen molar-refractivity contribution in [1.29, 1.82) is 0 Å². The van der Waals surface area contributed by atoms with Gasteiger partial charge in [-0.15, -0.1) is 0 Å². The first kappa shape index (κ1) is 21.0. The summed E-state index contributed by atoms with van der Waals surface area (Å²) < 4.78 is 0. The van der Waals surface area contributed by atoms with Crippen LogP contribution >= 0.6 is 0 Å². The van der Waals surface area contributed by atoms with Gasteiger partial charge in [-0.1, -0.05) is 73.0 Å². The van der Waals surface area contributed by atoms with E-state index in [1.807, 2.05) is 0 Å². The average molecular weight is 385 g/mol. The fourth-order valence-corrected chi connectivity index (χ4v) is 9.21. The third kappa shape index (κ3) is 3.43. The van der Waals surface area contributed by atoms with E-state index in [1.165, 1.54) is 57.8 Å². The van der Waals surface area contributed by atoms with Crippen LogP contribution in [-0.4, -0.2) is 0 Å². The molecule has 0 aromatic heterocycles. The van der Waals surface area contributed by atoms with Crippen LogP contribution in [0.5, 0.6) is 0 Å². The minimum absolute atomic E-state index is 0.597. The predicted octanol–water partition coefficient (Wildman–Crippen LogP) is 8.52. The van der Waals surface area contributed by atoms with E-state index in [0.717, 1.165) is 47.3 Å². The maximum absolute atomic E-state index is 2.74. The molecule has 0 aromatic carbocycles. The third-order valence-electron chi connectivity index (χ3n) is 10.6. The molecule has 0 heteroatoms. The van der Waals surface area contributed by atoms with Crippen molar-refractivity contribution in [2.24, 2.45) is 58.2 Å². The maximum Gasteiger partial charge on any atom is -0.0176 e. The zero-order chi connectivity index (χ0) is 20.1. The molecule has 4 rings (SSSR count). The Morgan fingerprint density at radius 1 is 0.857 bits per heavy atom. The largest absolute Gasteiger partial charge is 0.0854 e. The normalized spacial score (nSPS) is 48.8. The molecule has 160 valence electrons. The lowest BCUT2D eigenvalue weighted by Gasteiger charge is -2.60. The molecule has 0 saturated heterocycles. The van der Waals surface area contributed by atoms with Gasteiger partial charge in [0.1, 0.15) is 0 Å². The van der Waals surface area contributed by atoms with Crippen molar-refractivity contribution in [1.82, 2.24) is 0 Å². The molecule has 0 heterocycles. The molecule has 9 atom stereocenters. The first-order valence-corrected chi connectivity index (χ1v) is 12.9. The van der Waals surface area contributed by atoms with Gasteiger partial charge in [0.05, 0.1) is 0 Å². The zero-order valence-corrected chi connectivity index (χ0v) is 19.8. The molecule has 4 aliphatic rings. The predicted molar refractivity (Wildman–Crippen MR) is 122 cm³/mol. The Labute approximate surface area is 176 Å². The van der Waals surface area contributed by atoms with Crippen LogP contribution in [0.4, 0.5) is 0 Å². The van der Waals surface area contributed by atoms with Gasteiger partial charge in [0.2, 0.25) is 0 Å². The summed E-state index contributed by atoms with van der Waals surface area (Å²) in [6, 6.07) is 0. The molecule has 4 aliphatic carbocycles. The van der Waals surface area contributed by atoms with E-state index in [-0.39, 0.29) is 0 Å². The van der Waals surface area contributed by atoms with Gasteiger partial charge in [0.15, 0.2) is 0 Å². The van der Waals surface area contributed by atoms with E-state index < -0.39 is 0 Å². The Balaban J connectivity index is 1.48. The molecule has 3 fully saturated rings. The summed E-state index contributed by atoms with van der Waals surface area (Å²) in [7, 11) is 0. The Bertz CT molecular complexity index is 573. The van der Waals surface area contributed by atoms with Gasteiger partial charge in [-0.25, -0.2) is 0 Å². The van der Waals surface area contributed by atoms with Crippen molar-refractivity contribution in [2.75, 3.05) is 0 Å². The topological polar surface area (TPSA) is 0 Å². The van der Waals surface area contributed by atoms with Crippen molar-refractivity contribution in [2.45, 2.75) is 106 Å². The molecule has 0 radical (unpaired) electrons. The van der Waals surface area contributed by atoms with Crippen LogP contribution in [0.2, 0.25) is 0 Å². The van der Waals surface area contributed by atoms with Gasteiger partial charge in [0, 0.05) is 0 Å². The maximum atomic E-state index is 2.74. The molecular formula is C28H48. The molecule has 28 heavy (non-hydrogen) atoms. The van der Waals surface area contributed by atoms with E-state index in [1.54, 1.807) is 6.42 Å². The molecule has 0 nitrogen and oxygen atoms in total. The van der Waals surface area contributed by atoms with Gasteiger partial charge < -0.3 is 0 Å². The van der Waals surface area contributed by atoms with Gasteiger partial charge in [0.25, 0.3) is 0 Å². The van der Waals surface area contributed by atoms with E-state index in [0.29, 0.717) is 10.8 Å². The van der Waals surface area contributed by atoms with E-state index >= 15 is 0 Å². The fraction of sp³-hybridized carbons (Fsp3) is 0.929. The lowest BCUT2D eigenvalue weighted by Crippen LogP contribution is -2.53. The van der Waals surface area contributed by atoms with Gasteiger partial charge >= 0.3 is 0 Å². The molecule has 0 N–H and O–H groups in total. The van der Waals surface area contributed by atoms with Crippen LogP contribution < -0.4 is 0 Å². The molecule has 0 bridgehead atoms. The van der Waals surface area contributed by atoms with Gasteiger partial charge in [-0.3, -0.25) is 0 Å². The van der Waals surface area contributed by atoms with Crippen molar-refractivity contribution in [3.05, 3.63) is 12.2 Å². The molecule has 0 unspecified atom stereocenters. The lowest BCUT2D eigenvalue weighted by molar-refractivity contribution is -0.0994. The van der Waals surface area contributed by atoms with Crippen LogP contribution in [-0.2, 0) is 0 Å². The minimum atomic E-state index is 0.597. The average Bonchev–Trinajstić information content (AvgIpc) is 2.98. The van der Waals surface area contributed by atoms with Crippen LogP contribution in [0.15, 0.2) is 12.2 Å². The highest BCUT2D eigenvalue weighted by Gasteiger charge is 2.60. The SMILES string of the molecule is CC(C)CCC[C@@H](C)[C@H]1CC[C@H]2[C@@H]3CC[C@H]4C=C[C@H](C)C[C@]4(C)[C@H]3CC[C@]12C. The number of fused-ring (bicyclic) bond motifs is 5. The number of rotatable bonds is 5. The first-order valence-electron chi connectivity index (χ1n) is 12.9. The van der Waals surface area contributed by atoms with Crippen LogP contribution in [0.25, 0.3) is 0 Å². The molecule has 0 aromatic rings. The number of allylic oxidation sites excluding steroid dienone is 2. The summed E-state index contributed by atoms with van der Waals surface area (Å²) in [6.07, 6.45) is 20.1. The molecule has 3 saturated carbocycles. The third-order valence-corrected chi connectivity index (χ3v) is 10.6. The molecular weight excluding hydrogens is 336 g/mol. The second-order valence-electron chi connectivity index (χ2n) is 12.7. The van der Waals surface area contributed by atoms with Crippen molar-refractivity contribution in [3.8, 4) is 0 Å². The van der Waals surface area contributed by atoms with Crippen molar-refractivity contribution in [3.63, 3.8) is 0 Å². The summed E-state index contributed by atoms with van der Waals surface area (Å²) >= 11 is 0. The fourth-order valence-electron chi connectivity index (χ4n) is 9.21. The smallest absolute Gasteiger partial charge is 0.0176 e. The van der Waals surface area contributed by atoms with Gasteiger partial charge in [-0.05, 0) is 103 Å². The minimum Gasteiger partial charge on any atom is -0.0854 e. The van der Waals surface area contributed by atoms with Crippen LogP contribution in [0.1, 0.15) is 106 Å². The highest BCUT2D eigenvalue weighted by molar-refractivity contribution is 5.14. The Morgan fingerprint density at radius 3 is 2.36 bits per heavy atom. The Morgan fingerprint density at radius 2 is 1.61 bits per heavy atom. The Hall–Kier alpha value is -0.260. The summed E-state index contributed by atoms with van der Waals surface area (Å²) in [5.41, 5.74) is 1.25. The summed E-state index contributed by atoms with van der Waals surface area (Å²) in [6.45, 7) is 15.3. The standard InChI is InChI=1S/C28H48/c1-19(2)8-7-9-21(4)24-14-15-25-23-13-12-22-11-10-20(3)18-28(22,6)26(23)16-17-27(24,25)5/h10-11,19-26H,7-9,12-18H2,1-6H3/t20-,21+,22+,23-,24+,25-,26-,27+,28-/m0/s1. The van der Waals surface area contributed by atoms with Crippen molar-refractivity contribution < 1.29 is 0 Å². The lowest BCUT2D eigenvalue weighted by atomic mass is 9.44. The Kier molecular flexibility index (Phi) is 5.83. The second kappa shape index (κ2) is 7.77. The highest BCUT2D eigenvalue weighted by atomic mass is 14.6. The molecule has 0 spiro atoms. The van der Waals surface area contributed by atoms with Crippen LogP contribution in [0, 0.1) is 58.2 Å². The quantitative estimate of drug-likeness (QED) is 0.417.